The molecule has 2 rings (SSSR count). The minimum absolute atomic E-state index is 0. The monoisotopic (exact) mass is 362 g/mol. The van der Waals surface area contributed by atoms with Crippen molar-refractivity contribution < 1.29 is 13.2 Å². The second-order valence-electron chi connectivity index (χ2n) is 6.41. The number of hydrogen-bond donors (Lipinski definition) is 1. The Kier molecular flexibility index (Phi) is 7.32. The van der Waals surface area contributed by atoms with Crippen molar-refractivity contribution in [3.05, 3.63) is 24.3 Å². The smallest absolute Gasteiger partial charge is 0.243 e. The van der Waals surface area contributed by atoms with Crippen LogP contribution >= 0.6 is 12.4 Å². The van der Waals surface area contributed by atoms with E-state index < -0.39 is 10.0 Å². The zero-order valence-electron chi connectivity index (χ0n) is 14.2. The molecule has 0 spiro atoms. The number of nitrogens with one attached hydrogen (secondary N) is 1. The summed E-state index contributed by atoms with van der Waals surface area (Å²) < 4.78 is 32.7. The van der Waals surface area contributed by atoms with E-state index in [2.05, 4.69) is 19.2 Å². The molecule has 23 heavy (non-hydrogen) atoms. The molecule has 7 heteroatoms. The maximum absolute atomic E-state index is 12.8. The first-order valence-electron chi connectivity index (χ1n) is 7.78. The molecule has 0 amide bonds. The summed E-state index contributed by atoms with van der Waals surface area (Å²) in [4.78, 5) is 0.324. The summed E-state index contributed by atoms with van der Waals surface area (Å²) in [6, 6.07) is 6.84. The van der Waals surface area contributed by atoms with E-state index in [9.17, 15) is 8.42 Å². The Hall–Kier alpha value is -0.820. The lowest BCUT2D eigenvalue weighted by Crippen LogP contribution is -2.56. The molecule has 2 atom stereocenters. The number of benzene rings is 1. The van der Waals surface area contributed by atoms with Crippen LogP contribution in [-0.2, 0) is 10.0 Å². The Bertz CT molecular complexity index is 590. The number of rotatable bonds is 5. The van der Waals surface area contributed by atoms with Gasteiger partial charge in [0.25, 0.3) is 0 Å². The van der Waals surface area contributed by atoms with Gasteiger partial charge in [-0.05, 0) is 44.0 Å². The maximum Gasteiger partial charge on any atom is 0.243 e. The predicted molar refractivity (Wildman–Crippen MR) is 94.8 cm³/mol. The molecule has 0 aromatic heterocycles. The molecule has 1 fully saturated rings. The van der Waals surface area contributed by atoms with Crippen molar-refractivity contribution in [3.63, 3.8) is 0 Å². The Morgan fingerprint density at radius 2 is 1.87 bits per heavy atom. The highest BCUT2D eigenvalue weighted by molar-refractivity contribution is 7.89. The van der Waals surface area contributed by atoms with E-state index in [4.69, 9.17) is 4.74 Å². The van der Waals surface area contributed by atoms with Gasteiger partial charge < -0.3 is 10.1 Å². The van der Waals surface area contributed by atoms with E-state index in [1.54, 1.807) is 28.6 Å². The minimum Gasteiger partial charge on any atom is -0.493 e. The zero-order valence-corrected chi connectivity index (χ0v) is 15.8. The lowest BCUT2D eigenvalue weighted by molar-refractivity contribution is 0.244. The summed E-state index contributed by atoms with van der Waals surface area (Å²) in [5.41, 5.74) is 0. The van der Waals surface area contributed by atoms with Gasteiger partial charge in [0.05, 0.1) is 11.5 Å². The number of ether oxygens (including phenoxy) is 1. The third-order valence-corrected chi connectivity index (χ3v) is 5.72. The van der Waals surface area contributed by atoms with Crippen LogP contribution in [-0.4, -0.2) is 44.5 Å². The minimum atomic E-state index is -3.45. The topological polar surface area (TPSA) is 58.6 Å². The van der Waals surface area contributed by atoms with Crippen molar-refractivity contribution >= 4 is 22.4 Å². The number of nitrogens with zero attached hydrogens (tertiary/aromatic N) is 1. The highest BCUT2D eigenvalue weighted by Crippen LogP contribution is 2.23. The Morgan fingerprint density at radius 1 is 1.26 bits per heavy atom. The fraction of sp³-hybridized carbons (Fsp3) is 0.625. The molecule has 5 nitrogen and oxygen atoms in total. The van der Waals surface area contributed by atoms with E-state index >= 15 is 0 Å². The molecule has 1 aliphatic rings. The van der Waals surface area contributed by atoms with Gasteiger partial charge in [-0.2, -0.15) is 4.31 Å². The van der Waals surface area contributed by atoms with Crippen molar-refractivity contribution in [2.24, 2.45) is 5.92 Å². The number of piperazine rings is 1. The van der Waals surface area contributed by atoms with Gasteiger partial charge in [0.1, 0.15) is 5.75 Å². The highest BCUT2D eigenvalue weighted by Gasteiger charge is 2.33. The lowest BCUT2D eigenvalue weighted by Gasteiger charge is -2.36. The van der Waals surface area contributed by atoms with Crippen LogP contribution in [0.5, 0.6) is 5.75 Å². The van der Waals surface area contributed by atoms with E-state index in [0.29, 0.717) is 36.3 Å². The summed E-state index contributed by atoms with van der Waals surface area (Å²) in [6.07, 6.45) is 0. The molecule has 132 valence electrons. The summed E-state index contributed by atoms with van der Waals surface area (Å²) in [6.45, 7) is 9.87. The Morgan fingerprint density at radius 3 is 2.43 bits per heavy atom. The van der Waals surface area contributed by atoms with Crippen LogP contribution in [0.25, 0.3) is 0 Å². The summed E-state index contributed by atoms with van der Waals surface area (Å²) in [7, 11) is -3.45. The highest BCUT2D eigenvalue weighted by atomic mass is 35.5. The van der Waals surface area contributed by atoms with Gasteiger partial charge >= 0.3 is 0 Å². The standard InChI is InChI=1S/C16H26N2O3S.ClH/c1-12(2)11-21-15-5-7-16(8-6-15)22(19,20)18-10-13(3)17-9-14(18)4;/h5-8,12-14,17H,9-11H2,1-4H3;1H. The second kappa shape index (κ2) is 8.33. The molecule has 0 bridgehead atoms. The first-order chi connectivity index (χ1) is 10.3. The summed E-state index contributed by atoms with van der Waals surface area (Å²) in [5, 5.41) is 3.30. The number of hydrogen-bond acceptors (Lipinski definition) is 4. The molecular weight excluding hydrogens is 336 g/mol. The first-order valence-corrected chi connectivity index (χ1v) is 9.23. The normalized spacial score (nSPS) is 22.7. The van der Waals surface area contributed by atoms with Crippen LogP contribution < -0.4 is 10.1 Å². The van der Waals surface area contributed by atoms with Gasteiger partial charge in [0.15, 0.2) is 0 Å². The molecule has 1 aromatic carbocycles. The van der Waals surface area contributed by atoms with Crippen LogP contribution in [0.3, 0.4) is 0 Å². The van der Waals surface area contributed by atoms with Gasteiger partial charge in [-0.15, -0.1) is 12.4 Å². The number of halogens is 1. The maximum atomic E-state index is 12.8. The summed E-state index contributed by atoms with van der Waals surface area (Å²) in [5.74, 6) is 1.14. The molecule has 1 N–H and O–H groups in total. The molecule has 1 saturated heterocycles. The van der Waals surface area contributed by atoms with Crippen molar-refractivity contribution in [2.75, 3.05) is 19.7 Å². The van der Waals surface area contributed by atoms with Crippen LogP contribution in [0.2, 0.25) is 0 Å². The van der Waals surface area contributed by atoms with Crippen LogP contribution in [0, 0.1) is 5.92 Å². The Balaban J connectivity index is 0.00000264. The quantitative estimate of drug-likeness (QED) is 0.874. The molecule has 2 unspecified atom stereocenters. The van der Waals surface area contributed by atoms with Gasteiger partial charge in [-0.1, -0.05) is 13.8 Å². The largest absolute Gasteiger partial charge is 0.493 e. The van der Waals surface area contributed by atoms with Gasteiger partial charge in [-0.3, -0.25) is 0 Å². The fourth-order valence-electron chi connectivity index (χ4n) is 2.43. The van der Waals surface area contributed by atoms with Crippen LogP contribution in [0.1, 0.15) is 27.7 Å². The third-order valence-electron chi connectivity index (χ3n) is 3.72. The van der Waals surface area contributed by atoms with Gasteiger partial charge in [-0.25, -0.2) is 8.42 Å². The van der Waals surface area contributed by atoms with E-state index in [1.165, 1.54) is 0 Å². The molecule has 1 aliphatic heterocycles. The summed E-state index contributed by atoms with van der Waals surface area (Å²) >= 11 is 0. The molecule has 0 saturated carbocycles. The predicted octanol–water partition coefficient (Wildman–Crippen LogP) is 2.51. The first kappa shape index (κ1) is 20.2. The van der Waals surface area contributed by atoms with Crippen molar-refractivity contribution in [2.45, 2.75) is 44.7 Å². The van der Waals surface area contributed by atoms with Gasteiger partial charge in [0.2, 0.25) is 10.0 Å². The molecule has 1 heterocycles. The molecule has 0 radical (unpaired) electrons. The van der Waals surface area contributed by atoms with Crippen molar-refractivity contribution in [3.8, 4) is 5.75 Å². The third kappa shape index (κ3) is 5.08. The van der Waals surface area contributed by atoms with E-state index in [-0.39, 0.29) is 24.5 Å². The van der Waals surface area contributed by atoms with Crippen LogP contribution in [0.4, 0.5) is 0 Å². The lowest BCUT2D eigenvalue weighted by atomic mass is 10.2. The van der Waals surface area contributed by atoms with Gasteiger partial charge in [0, 0.05) is 25.2 Å². The Labute approximate surface area is 145 Å². The average molecular weight is 363 g/mol. The molecular formula is C16H27ClN2O3S. The van der Waals surface area contributed by atoms with E-state index in [1.807, 2.05) is 13.8 Å². The fourth-order valence-corrected chi connectivity index (χ4v) is 4.15. The SMILES string of the molecule is CC(C)COc1ccc(S(=O)(=O)N2CC(C)NCC2C)cc1.Cl. The van der Waals surface area contributed by atoms with E-state index in [0.717, 1.165) is 0 Å². The van der Waals surface area contributed by atoms with Crippen molar-refractivity contribution in [1.29, 1.82) is 0 Å². The number of sulfonamides is 1. The van der Waals surface area contributed by atoms with Crippen LogP contribution in [0.15, 0.2) is 29.2 Å². The molecule has 1 aromatic rings. The van der Waals surface area contributed by atoms with Crippen molar-refractivity contribution in [1.82, 2.24) is 9.62 Å². The second-order valence-corrected chi connectivity index (χ2v) is 8.30. The average Bonchev–Trinajstić information content (AvgIpc) is 2.48. The molecule has 0 aliphatic carbocycles. The zero-order chi connectivity index (χ0) is 16.3.